The van der Waals surface area contributed by atoms with Crippen molar-refractivity contribution in [3.8, 4) is 0 Å². The van der Waals surface area contributed by atoms with E-state index >= 15 is 0 Å². The Bertz CT molecular complexity index is 509. The average molecular weight is 288 g/mol. The van der Waals surface area contributed by atoms with Crippen LogP contribution >= 0.6 is 0 Å². The highest BCUT2D eigenvalue weighted by atomic mass is 16.6. The Labute approximate surface area is 126 Å². The van der Waals surface area contributed by atoms with Crippen LogP contribution in [0.25, 0.3) is 0 Å². The zero-order chi connectivity index (χ0) is 15.0. The number of nitrogens with one attached hydrogen (secondary N) is 1. The first-order valence-electron chi connectivity index (χ1n) is 7.72. The van der Waals surface area contributed by atoms with Gasteiger partial charge < -0.3 is 10.1 Å². The van der Waals surface area contributed by atoms with Crippen LogP contribution in [-0.4, -0.2) is 35.7 Å². The number of carbonyl (C=O) groups excluding carboxylic acids is 1. The third-order valence-electron chi connectivity index (χ3n) is 4.32. The Kier molecular flexibility index (Phi) is 3.66. The van der Waals surface area contributed by atoms with Gasteiger partial charge in [0.1, 0.15) is 5.60 Å². The molecule has 2 fully saturated rings. The average Bonchev–Trinajstić information content (AvgIpc) is 2.98. The van der Waals surface area contributed by atoms with Crippen LogP contribution < -0.4 is 5.32 Å². The molecule has 0 aliphatic carbocycles. The molecule has 0 radical (unpaired) electrons. The molecule has 4 heteroatoms. The Morgan fingerprint density at radius 2 is 2.00 bits per heavy atom. The molecule has 1 aromatic carbocycles. The Morgan fingerprint density at radius 3 is 2.67 bits per heavy atom. The smallest absolute Gasteiger partial charge is 0.407 e. The number of benzene rings is 1. The minimum absolute atomic E-state index is 0.149. The van der Waals surface area contributed by atoms with Gasteiger partial charge in [-0.3, -0.25) is 4.90 Å². The van der Waals surface area contributed by atoms with Gasteiger partial charge in [-0.05, 0) is 45.2 Å². The second kappa shape index (κ2) is 5.34. The Morgan fingerprint density at radius 1 is 1.29 bits per heavy atom. The number of ether oxygens (including phenoxy) is 1. The maximum atomic E-state index is 12.1. The summed E-state index contributed by atoms with van der Waals surface area (Å²) < 4.78 is 5.42. The van der Waals surface area contributed by atoms with Gasteiger partial charge in [-0.25, -0.2) is 4.79 Å². The van der Waals surface area contributed by atoms with E-state index in [0.717, 1.165) is 19.5 Å². The minimum atomic E-state index is -0.454. The highest BCUT2D eigenvalue weighted by Gasteiger charge is 2.47. The number of nitrogens with zero attached hydrogens (tertiary/aromatic N) is 1. The SMILES string of the molecule is CC(C)(C)OC(=O)N[C@H]1[C@@H]2CCN(C2)[C@H]1c1ccccc1. The van der Waals surface area contributed by atoms with Gasteiger partial charge in [0.05, 0.1) is 12.1 Å². The first-order valence-corrected chi connectivity index (χ1v) is 7.72. The number of alkyl carbamates (subject to hydrolysis) is 1. The minimum Gasteiger partial charge on any atom is -0.444 e. The largest absolute Gasteiger partial charge is 0.444 e. The van der Waals surface area contributed by atoms with E-state index in [4.69, 9.17) is 4.74 Å². The number of fused-ring (bicyclic) bond motifs is 2. The number of carbonyl (C=O) groups is 1. The second-order valence-electron chi connectivity index (χ2n) is 7.07. The van der Waals surface area contributed by atoms with Crippen molar-refractivity contribution in [1.29, 1.82) is 0 Å². The molecule has 2 heterocycles. The third kappa shape index (κ3) is 3.05. The normalized spacial score (nSPS) is 31.2. The van der Waals surface area contributed by atoms with E-state index in [-0.39, 0.29) is 18.2 Å². The van der Waals surface area contributed by atoms with Crippen molar-refractivity contribution in [2.75, 3.05) is 13.1 Å². The van der Waals surface area contributed by atoms with E-state index in [0.29, 0.717) is 5.92 Å². The van der Waals surface area contributed by atoms with E-state index in [1.807, 2.05) is 26.8 Å². The molecule has 1 unspecified atom stereocenters. The molecular formula is C17H24N2O2. The van der Waals surface area contributed by atoms with Gasteiger partial charge >= 0.3 is 6.09 Å². The third-order valence-corrected chi connectivity index (χ3v) is 4.32. The quantitative estimate of drug-likeness (QED) is 0.909. The number of hydrogen-bond donors (Lipinski definition) is 1. The van der Waals surface area contributed by atoms with Gasteiger partial charge in [0.2, 0.25) is 0 Å². The van der Waals surface area contributed by atoms with E-state index in [9.17, 15) is 4.79 Å². The van der Waals surface area contributed by atoms with Gasteiger partial charge in [0.15, 0.2) is 0 Å². The standard InChI is InChI=1S/C17H24N2O2/c1-17(2,3)21-16(20)18-14-13-9-10-19(11-13)15(14)12-7-5-4-6-8-12/h4-8,13-15H,9-11H2,1-3H3,(H,18,20)/t13-,14+,15+/m1/s1. The van der Waals surface area contributed by atoms with E-state index in [2.05, 4.69) is 34.5 Å². The van der Waals surface area contributed by atoms with Crippen molar-refractivity contribution in [1.82, 2.24) is 10.2 Å². The topological polar surface area (TPSA) is 41.6 Å². The molecule has 2 aliphatic rings. The molecule has 0 spiro atoms. The van der Waals surface area contributed by atoms with E-state index < -0.39 is 5.60 Å². The lowest BCUT2D eigenvalue weighted by molar-refractivity contribution is 0.0467. The summed E-state index contributed by atoms with van der Waals surface area (Å²) in [6, 6.07) is 10.9. The molecule has 1 N–H and O–H groups in total. The second-order valence-corrected chi connectivity index (χ2v) is 7.07. The molecule has 1 aromatic rings. The number of amides is 1. The van der Waals surface area contributed by atoms with Crippen molar-refractivity contribution in [3.63, 3.8) is 0 Å². The predicted molar refractivity (Wildman–Crippen MR) is 82.0 cm³/mol. The molecule has 114 valence electrons. The van der Waals surface area contributed by atoms with Gasteiger partial charge in [-0.1, -0.05) is 30.3 Å². The summed E-state index contributed by atoms with van der Waals surface area (Å²) in [5.74, 6) is 0.530. The lowest BCUT2D eigenvalue weighted by Crippen LogP contribution is -2.47. The van der Waals surface area contributed by atoms with Crippen molar-refractivity contribution in [2.24, 2.45) is 5.92 Å². The van der Waals surface area contributed by atoms with Gasteiger partial charge in [-0.2, -0.15) is 0 Å². The Balaban J connectivity index is 1.75. The van der Waals surface area contributed by atoms with Crippen LogP contribution in [0.1, 0.15) is 38.8 Å². The maximum Gasteiger partial charge on any atom is 0.407 e. The molecule has 2 saturated heterocycles. The first-order chi connectivity index (χ1) is 9.94. The highest BCUT2D eigenvalue weighted by Crippen LogP contribution is 2.42. The summed E-state index contributed by atoms with van der Waals surface area (Å²) in [6.07, 6.45) is 0.853. The predicted octanol–water partition coefficient (Wildman–Crippen LogP) is 2.96. The van der Waals surface area contributed by atoms with Crippen LogP contribution in [0.3, 0.4) is 0 Å². The molecule has 2 bridgehead atoms. The van der Waals surface area contributed by atoms with Crippen LogP contribution in [0.2, 0.25) is 0 Å². The summed E-state index contributed by atoms with van der Waals surface area (Å²) in [5, 5.41) is 3.11. The van der Waals surface area contributed by atoms with Crippen LogP contribution in [-0.2, 0) is 4.74 Å². The highest BCUT2D eigenvalue weighted by molar-refractivity contribution is 5.68. The van der Waals surface area contributed by atoms with Crippen LogP contribution in [0, 0.1) is 5.92 Å². The van der Waals surface area contributed by atoms with Crippen molar-refractivity contribution in [2.45, 2.75) is 44.9 Å². The zero-order valence-corrected chi connectivity index (χ0v) is 13.0. The lowest BCUT2D eigenvalue weighted by atomic mass is 9.89. The summed E-state index contributed by atoms with van der Waals surface area (Å²) >= 11 is 0. The number of rotatable bonds is 2. The van der Waals surface area contributed by atoms with Crippen LogP contribution in [0.5, 0.6) is 0 Å². The molecule has 4 atom stereocenters. The Hall–Kier alpha value is -1.55. The summed E-state index contributed by atoms with van der Waals surface area (Å²) in [4.78, 5) is 14.6. The molecule has 4 nitrogen and oxygen atoms in total. The van der Waals surface area contributed by atoms with Gasteiger partial charge in [0, 0.05) is 6.54 Å². The molecule has 2 aliphatic heterocycles. The van der Waals surface area contributed by atoms with Gasteiger partial charge in [-0.15, -0.1) is 0 Å². The van der Waals surface area contributed by atoms with Gasteiger partial charge in [0.25, 0.3) is 0 Å². The van der Waals surface area contributed by atoms with Crippen molar-refractivity contribution in [3.05, 3.63) is 35.9 Å². The number of hydrogen-bond acceptors (Lipinski definition) is 3. The fourth-order valence-corrected chi connectivity index (χ4v) is 3.55. The molecule has 3 rings (SSSR count). The van der Waals surface area contributed by atoms with Crippen molar-refractivity contribution >= 4 is 6.09 Å². The van der Waals surface area contributed by atoms with Crippen molar-refractivity contribution < 1.29 is 9.53 Å². The molecule has 0 aromatic heterocycles. The molecule has 0 saturated carbocycles. The summed E-state index contributed by atoms with van der Waals surface area (Å²) in [6.45, 7) is 7.87. The summed E-state index contributed by atoms with van der Waals surface area (Å²) in [5.41, 5.74) is 0.824. The fraction of sp³-hybridized carbons (Fsp3) is 0.588. The molecular weight excluding hydrogens is 264 g/mol. The summed E-state index contributed by atoms with van der Waals surface area (Å²) in [7, 11) is 0. The maximum absolute atomic E-state index is 12.1. The monoisotopic (exact) mass is 288 g/mol. The molecule has 21 heavy (non-hydrogen) atoms. The fourth-order valence-electron chi connectivity index (χ4n) is 3.55. The van der Waals surface area contributed by atoms with Crippen LogP contribution in [0.15, 0.2) is 30.3 Å². The van der Waals surface area contributed by atoms with E-state index in [1.165, 1.54) is 5.56 Å². The zero-order valence-electron chi connectivity index (χ0n) is 13.0. The van der Waals surface area contributed by atoms with E-state index in [1.54, 1.807) is 0 Å². The first kappa shape index (κ1) is 14.4. The number of piperidine rings is 1. The molecule has 1 amide bonds. The lowest BCUT2D eigenvalue weighted by Gasteiger charge is -2.33. The van der Waals surface area contributed by atoms with Crippen LogP contribution in [0.4, 0.5) is 4.79 Å².